The van der Waals surface area contributed by atoms with Crippen molar-refractivity contribution in [3.8, 4) is 11.3 Å². The van der Waals surface area contributed by atoms with Crippen molar-refractivity contribution in [3.05, 3.63) is 86.8 Å². The summed E-state index contributed by atoms with van der Waals surface area (Å²) in [5, 5.41) is 5.38. The number of nitrogens with zero attached hydrogens (tertiary/aromatic N) is 2. The first-order valence-electron chi connectivity index (χ1n) is 12.4. The average Bonchev–Trinajstić information content (AvgIpc) is 3.42. The van der Waals surface area contributed by atoms with Crippen molar-refractivity contribution < 1.29 is 9.53 Å². The number of allylic oxidation sites excluding steroid dienone is 7. The minimum atomic E-state index is -0.530. The Morgan fingerprint density at radius 2 is 2.11 bits per heavy atom. The molecule has 0 aromatic carbocycles. The molecule has 2 N–H and O–H groups in total. The molecular formula is C29H30N4O3S. The second kappa shape index (κ2) is 10.3. The normalized spacial score (nSPS) is 17.4. The molecule has 2 aliphatic rings. The van der Waals surface area contributed by atoms with Crippen LogP contribution >= 0.6 is 11.3 Å². The second-order valence-electron chi connectivity index (χ2n) is 10.3. The van der Waals surface area contributed by atoms with Crippen LogP contribution < -0.4 is 10.9 Å². The van der Waals surface area contributed by atoms with Crippen LogP contribution in [0.25, 0.3) is 27.7 Å². The number of alkyl carbamates (subject to hydrolysis) is 1. The number of carbonyl (C=O) groups is 1. The van der Waals surface area contributed by atoms with Crippen LogP contribution in [0.3, 0.4) is 0 Å². The lowest BCUT2D eigenvalue weighted by Gasteiger charge is -2.23. The van der Waals surface area contributed by atoms with E-state index in [1.807, 2.05) is 44.4 Å². The Kier molecular flexibility index (Phi) is 6.93. The Hall–Kier alpha value is -3.78. The number of pyridine rings is 2. The monoisotopic (exact) mass is 514 g/mol. The first-order chi connectivity index (χ1) is 17.8. The summed E-state index contributed by atoms with van der Waals surface area (Å²) in [7, 11) is 0. The van der Waals surface area contributed by atoms with Gasteiger partial charge in [-0.25, -0.2) is 14.8 Å². The molecule has 0 fully saturated rings. The van der Waals surface area contributed by atoms with Crippen LogP contribution in [0.4, 0.5) is 4.79 Å². The van der Waals surface area contributed by atoms with Crippen LogP contribution in [-0.2, 0) is 4.74 Å². The maximum atomic E-state index is 12.9. The van der Waals surface area contributed by atoms with Crippen LogP contribution in [0.15, 0.2) is 70.0 Å². The van der Waals surface area contributed by atoms with Gasteiger partial charge in [0.1, 0.15) is 5.60 Å². The zero-order chi connectivity index (χ0) is 26.0. The van der Waals surface area contributed by atoms with E-state index in [-0.39, 0.29) is 11.5 Å². The van der Waals surface area contributed by atoms with E-state index in [1.165, 1.54) is 11.3 Å². The van der Waals surface area contributed by atoms with Crippen molar-refractivity contribution in [2.75, 3.05) is 6.54 Å². The molecule has 0 saturated heterocycles. The second-order valence-corrected chi connectivity index (χ2v) is 11.0. The number of ether oxygens (including phenoxy) is 1. The van der Waals surface area contributed by atoms with E-state index in [0.717, 1.165) is 52.9 Å². The van der Waals surface area contributed by atoms with Crippen LogP contribution in [0.1, 0.15) is 57.2 Å². The molecule has 1 unspecified atom stereocenters. The van der Waals surface area contributed by atoms with Crippen LogP contribution in [0, 0.1) is 0 Å². The highest BCUT2D eigenvalue weighted by atomic mass is 32.1. The minimum Gasteiger partial charge on any atom is -0.444 e. The van der Waals surface area contributed by atoms with Gasteiger partial charge in [-0.2, -0.15) is 0 Å². The number of carbonyl (C=O) groups excluding carboxylic acids is 1. The molecule has 3 heterocycles. The van der Waals surface area contributed by atoms with Gasteiger partial charge in [0.05, 0.1) is 27.8 Å². The Balaban J connectivity index is 1.53. The van der Waals surface area contributed by atoms with Gasteiger partial charge in [0, 0.05) is 29.6 Å². The third-order valence-electron chi connectivity index (χ3n) is 6.39. The van der Waals surface area contributed by atoms with E-state index in [1.54, 1.807) is 11.7 Å². The molecule has 3 aromatic heterocycles. The van der Waals surface area contributed by atoms with Crippen molar-refractivity contribution in [3.63, 3.8) is 0 Å². The fraction of sp³-hybridized carbons (Fsp3) is 0.310. The number of aromatic amines is 1. The molecule has 2 aliphatic carbocycles. The molecule has 0 spiro atoms. The molecule has 3 aromatic rings. The number of aromatic nitrogens is 3. The zero-order valence-corrected chi connectivity index (χ0v) is 22.0. The zero-order valence-electron chi connectivity index (χ0n) is 21.2. The molecule has 190 valence electrons. The summed E-state index contributed by atoms with van der Waals surface area (Å²) in [6, 6.07) is 2.00. The Bertz CT molecular complexity index is 1500. The summed E-state index contributed by atoms with van der Waals surface area (Å²) < 4.78 is 5.35. The topological polar surface area (TPSA) is 97.0 Å². The summed E-state index contributed by atoms with van der Waals surface area (Å²) in [4.78, 5) is 37.4. The van der Waals surface area contributed by atoms with Gasteiger partial charge in [-0.05, 0) is 57.2 Å². The first-order valence-corrected chi connectivity index (χ1v) is 13.4. The number of H-pyrrole nitrogens is 1. The number of hydrogen-bond donors (Lipinski definition) is 2. The Morgan fingerprint density at radius 1 is 1.24 bits per heavy atom. The van der Waals surface area contributed by atoms with Gasteiger partial charge >= 0.3 is 6.09 Å². The number of thiazole rings is 1. The summed E-state index contributed by atoms with van der Waals surface area (Å²) in [6.45, 7) is 5.98. The van der Waals surface area contributed by atoms with E-state index < -0.39 is 11.7 Å². The smallest absolute Gasteiger partial charge is 0.407 e. The maximum Gasteiger partial charge on any atom is 0.407 e. The lowest BCUT2D eigenvalue weighted by molar-refractivity contribution is 0.0532. The molecule has 5 rings (SSSR count). The fourth-order valence-corrected chi connectivity index (χ4v) is 5.16. The third-order valence-corrected chi connectivity index (χ3v) is 6.97. The summed E-state index contributed by atoms with van der Waals surface area (Å²) in [6.07, 6.45) is 16.3. The molecule has 0 bridgehead atoms. The Morgan fingerprint density at radius 3 is 2.78 bits per heavy atom. The number of amides is 1. The highest BCUT2D eigenvalue weighted by Gasteiger charge is 2.23. The van der Waals surface area contributed by atoms with Crippen molar-refractivity contribution in [1.29, 1.82) is 0 Å². The average molecular weight is 515 g/mol. The standard InChI is InChI=1S/C29H30N4O3S/c1-29(2,3)36-28(35)31-14-18-9-11-20(12-10-18)25-21(19-7-5-4-6-8-19)13-22-26(33-25)23(15-30-27(22)34)24-16-37-17-32-24/h4-7,9,11,13,15-17,19H,8,10,12,14H2,1-3H3,(H,30,34)(H,31,35). The van der Waals surface area contributed by atoms with E-state index in [2.05, 4.69) is 39.6 Å². The van der Waals surface area contributed by atoms with Crippen molar-refractivity contribution >= 4 is 33.9 Å². The van der Waals surface area contributed by atoms with Crippen LogP contribution in [0.2, 0.25) is 0 Å². The van der Waals surface area contributed by atoms with Crippen LogP contribution in [-0.4, -0.2) is 33.2 Å². The van der Waals surface area contributed by atoms with Crippen molar-refractivity contribution in [1.82, 2.24) is 20.3 Å². The van der Waals surface area contributed by atoms with Gasteiger partial charge in [0.15, 0.2) is 0 Å². The number of nitrogens with one attached hydrogen (secondary N) is 2. The largest absolute Gasteiger partial charge is 0.444 e. The van der Waals surface area contributed by atoms with E-state index in [0.29, 0.717) is 17.4 Å². The van der Waals surface area contributed by atoms with Gasteiger partial charge in [0.2, 0.25) is 0 Å². The molecular weight excluding hydrogens is 484 g/mol. The third kappa shape index (κ3) is 5.64. The summed E-state index contributed by atoms with van der Waals surface area (Å²) in [5.41, 5.74) is 7.56. The summed E-state index contributed by atoms with van der Waals surface area (Å²) >= 11 is 1.51. The molecule has 1 atom stereocenters. The molecule has 1 amide bonds. The maximum absolute atomic E-state index is 12.9. The lowest BCUT2D eigenvalue weighted by Crippen LogP contribution is -2.33. The van der Waals surface area contributed by atoms with Gasteiger partial charge < -0.3 is 15.0 Å². The first kappa shape index (κ1) is 24.9. The van der Waals surface area contributed by atoms with Gasteiger partial charge in [-0.3, -0.25) is 4.79 Å². The number of hydrogen-bond acceptors (Lipinski definition) is 6. The molecule has 0 aliphatic heterocycles. The minimum absolute atomic E-state index is 0.138. The molecule has 0 saturated carbocycles. The van der Waals surface area contributed by atoms with Gasteiger partial charge in [-0.15, -0.1) is 11.3 Å². The molecule has 8 heteroatoms. The van der Waals surface area contributed by atoms with Crippen LogP contribution in [0.5, 0.6) is 0 Å². The highest BCUT2D eigenvalue weighted by Crippen LogP contribution is 2.37. The molecule has 7 nitrogen and oxygen atoms in total. The number of fused-ring (bicyclic) bond motifs is 1. The Labute approximate surface area is 219 Å². The fourth-order valence-electron chi connectivity index (χ4n) is 4.61. The lowest BCUT2D eigenvalue weighted by atomic mass is 9.85. The van der Waals surface area contributed by atoms with E-state index in [4.69, 9.17) is 9.72 Å². The van der Waals surface area contributed by atoms with E-state index in [9.17, 15) is 9.59 Å². The van der Waals surface area contributed by atoms with E-state index >= 15 is 0 Å². The summed E-state index contributed by atoms with van der Waals surface area (Å²) in [5.74, 6) is 0.138. The van der Waals surface area contributed by atoms with Gasteiger partial charge in [-0.1, -0.05) is 42.0 Å². The number of rotatable bonds is 5. The molecule has 37 heavy (non-hydrogen) atoms. The van der Waals surface area contributed by atoms with Gasteiger partial charge in [0.25, 0.3) is 5.56 Å². The predicted molar refractivity (Wildman–Crippen MR) is 149 cm³/mol. The highest BCUT2D eigenvalue weighted by molar-refractivity contribution is 7.07. The van der Waals surface area contributed by atoms with Crippen molar-refractivity contribution in [2.45, 2.75) is 51.6 Å². The SMILES string of the molecule is CC(C)(C)OC(=O)NCC1=CC=C(c2nc3c(-c4cscn4)c[nH]c(=O)c3cc2C2C=CC=CC2)CC1. The van der Waals surface area contributed by atoms with Crippen molar-refractivity contribution in [2.24, 2.45) is 0 Å². The molecule has 0 radical (unpaired) electrons. The quantitative estimate of drug-likeness (QED) is 0.418. The predicted octanol–water partition coefficient (Wildman–Crippen LogP) is 6.27.